The lowest BCUT2D eigenvalue weighted by Gasteiger charge is -2.22. The Hall–Kier alpha value is -2.76. The number of esters is 1. The van der Waals surface area contributed by atoms with Gasteiger partial charge in [0.05, 0.1) is 5.69 Å². The van der Waals surface area contributed by atoms with Gasteiger partial charge in [-0.3, -0.25) is 4.79 Å². The molecule has 0 aliphatic heterocycles. The second-order valence-corrected chi connectivity index (χ2v) is 8.87. The summed E-state index contributed by atoms with van der Waals surface area (Å²) in [7, 11) is 0. The van der Waals surface area contributed by atoms with E-state index in [1.165, 1.54) is 0 Å². The van der Waals surface area contributed by atoms with Gasteiger partial charge >= 0.3 is 5.97 Å². The molecule has 1 aliphatic carbocycles. The topological polar surface area (TPSA) is 78.4 Å². The summed E-state index contributed by atoms with van der Waals surface area (Å²) < 4.78 is 11.6. The molecular formula is C24H30N2O4. The Morgan fingerprint density at radius 2 is 1.77 bits per heavy atom. The fraction of sp³-hybridized carbons (Fsp3) is 0.500. The summed E-state index contributed by atoms with van der Waals surface area (Å²) in [6, 6.07) is 9.74. The van der Waals surface area contributed by atoms with E-state index in [0.717, 1.165) is 18.4 Å². The monoisotopic (exact) mass is 410 g/mol. The van der Waals surface area contributed by atoms with Gasteiger partial charge in [-0.25, -0.2) is 14.8 Å². The van der Waals surface area contributed by atoms with Crippen LogP contribution < -0.4 is 4.74 Å². The lowest BCUT2D eigenvalue weighted by Crippen LogP contribution is -2.26. The highest BCUT2D eigenvalue weighted by atomic mass is 16.6. The number of aryl methyl sites for hydroxylation is 1. The van der Waals surface area contributed by atoms with Gasteiger partial charge in [0.25, 0.3) is 0 Å². The Morgan fingerprint density at radius 1 is 1.10 bits per heavy atom. The van der Waals surface area contributed by atoms with E-state index in [0.29, 0.717) is 54.8 Å². The third kappa shape index (κ3) is 6.12. The number of ether oxygens (including phenoxy) is 2. The maximum Gasteiger partial charge on any atom is 0.361 e. The van der Waals surface area contributed by atoms with E-state index < -0.39 is 11.6 Å². The first-order chi connectivity index (χ1) is 14.2. The van der Waals surface area contributed by atoms with Gasteiger partial charge in [0.1, 0.15) is 23.8 Å². The van der Waals surface area contributed by atoms with Gasteiger partial charge in [-0.05, 0) is 52.0 Å². The number of hydrogen-bond donors (Lipinski definition) is 0. The van der Waals surface area contributed by atoms with E-state index in [-0.39, 0.29) is 5.69 Å². The van der Waals surface area contributed by atoms with Gasteiger partial charge in [0.2, 0.25) is 0 Å². The van der Waals surface area contributed by atoms with Crippen LogP contribution in [-0.2, 0) is 22.6 Å². The molecule has 0 amide bonds. The number of benzene rings is 1. The Balaban J connectivity index is 1.85. The van der Waals surface area contributed by atoms with Crippen LogP contribution in [0.1, 0.15) is 74.0 Å². The first-order valence-electron chi connectivity index (χ1n) is 10.5. The Morgan fingerprint density at radius 3 is 2.40 bits per heavy atom. The molecule has 0 radical (unpaired) electrons. The number of Topliss-reactive ketones (excluding diaryl/α,β-unsaturated/α-hetero) is 1. The molecule has 1 aliphatic rings. The molecule has 1 saturated carbocycles. The van der Waals surface area contributed by atoms with Crippen molar-refractivity contribution in [1.29, 1.82) is 0 Å². The van der Waals surface area contributed by atoms with Crippen molar-refractivity contribution in [2.24, 2.45) is 5.92 Å². The largest absolute Gasteiger partial charge is 0.484 e. The molecule has 160 valence electrons. The van der Waals surface area contributed by atoms with Crippen molar-refractivity contribution in [2.75, 3.05) is 0 Å². The molecule has 0 bridgehead atoms. The van der Waals surface area contributed by atoms with Crippen LogP contribution in [0.3, 0.4) is 0 Å². The van der Waals surface area contributed by atoms with Crippen LogP contribution in [0.4, 0.5) is 0 Å². The van der Waals surface area contributed by atoms with Gasteiger partial charge in [-0.15, -0.1) is 0 Å². The standard InChI is InChI=1S/C24H30N2O4/c1-16-22(29-15-18-8-6-5-7-9-18)21(23(28)30-24(2,3)4)26-20(25-16)14-17-10-12-19(27)13-11-17/h5-9,17H,10-15H2,1-4H3. The summed E-state index contributed by atoms with van der Waals surface area (Å²) in [5.74, 6) is 1.11. The molecule has 0 spiro atoms. The molecule has 30 heavy (non-hydrogen) atoms. The van der Waals surface area contributed by atoms with E-state index >= 15 is 0 Å². The molecule has 6 nitrogen and oxygen atoms in total. The summed E-state index contributed by atoms with van der Waals surface area (Å²) in [6.45, 7) is 7.60. The van der Waals surface area contributed by atoms with Gasteiger partial charge in [-0.1, -0.05) is 30.3 Å². The zero-order chi connectivity index (χ0) is 21.7. The molecule has 0 atom stereocenters. The fourth-order valence-corrected chi connectivity index (χ4v) is 3.54. The minimum atomic E-state index is -0.642. The van der Waals surface area contributed by atoms with Gasteiger partial charge in [-0.2, -0.15) is 0 Å². The van der Waals surface area contributed by atoms with Crippen LogP contribution in [0, 0.1) is 12.8 Å². The predicted molar refractivity (Wildman–Crippen MR) is 113 cm³/mol. The molecule has 1 aromatic heterocycles. The minimum Gasteiger partial charge on any atom is -0.484 e. The molecule has 0 N–H and O–H groups in total. The molecular weight excluding hydrogens is 380 g/mol. The number of rotatable bonds is 6. The maximum absolute atomic E-state index is 12.9. The quantitative estimate of drug-likeness (QED) is 0.647. The summed E-state index contributed by atoms with van der Waals surface area (Å²) in [5.41, 5.74) is 1.12. The smallest absolute Gasteiger partial charge is 0.361 e. The molecule has 3 rings (SSSR count). The lowest BCUT2D eigenvalue weighted by atomic mass is 9.86. The van der Waals surface area contributed by atoms with Crippen LogP contribution in [0.15, 0.2) is 30.3 Å². The van der Waals surface area contributed by atoms with Gasteiger partial charge < -0.3 is 9.47 Å². The van der Waals surface area contributed by atoms with E-state index in [1.54, 1.807) is 0 Å². The summed E-state index contributed by atoms with van der Waals surface area (Å²) in [6.07, 6.45) is 3.55. The zero-order valence-corrected chi connectivity index (χ0v) is 18.2. The highest BCUT2D eigenvalue weighted by molar-refractivity contribution is 5.91. The van der Waals surface area contributed by atoms with Crippen molar-refractivity contribution in [3.8, 4) is 5.75 Å². The van der Waals surface area contributed by atoms with Crippen LogP contribution in [0.25, 0.3) is 0 Å². The number of hydrogen-bond acceptors (Lipinski definition) is 6. The molecule has 0 saturated heterocycles. The van der Waals surface area contributed by atoms with E-state index in [2.05, 4.69) is 9.97 Å². The average molecular weight is 411 g/mol. The summed E-state index contributed by atoms with van der Waals surface area (Å²) in [5, 5.41) is 0. The molecule has 6 heteroatoms. The van der Waals surface area contributed by atoms with Gasteiger partial charge in [0.15, 0.2) is 11.4 Å². The highest BCUT2D eigenvalue weighted by Gasteiger charge is 2.27. The number of carbonyl (C=O) groups is 2. The first-order valence-corrected chi connectivity index (χ1v) is 10.5. The van der Waals surface area contributed by atoms with Crippen molar-refractivity contribution in [2.45, 2.75) is 72.0 Å². The van der Waals surface area contributed by atoms with Crippen LogP contribution in [0.5, 0.6) is 5.75 Å². The number of ketones is 1. The number of nitrogens with zero attached hydrogens (tertiary/aromatic N) is 2. The maximum atomic E-state index is 12.9. The molecule has 2 aromatic rings. The van der Waals surface area contributed by atoms with Crippen molar-refractivity contribution >= 4 is 11.8 Å². The summed E-state index contributed by atoms with van der Waals surface area (Å²) in [4.78, 5) is 33.6. The Labute approximate surface area is 178 Å². The van der Waals surface area contributed by atoms with Crippen molar-refractivity contribution in [1.82, 2.24) is 9.97 Å². The van der Waals surface area contributed by atoms with Crippen LogP contribution in [-0.4, -0.2) is 27.3 Å². The SMILES string of the molecule is Cc1nc(CC2CCC(=O)CC2)nc(C(=O)OC(C)(C)C)c1OCc1ccccc1. The van der Waals surface area contributed by atoms with Crippen LogP contribution >= 0.6 is 0 Å². The zero-order valence-electron chi connectivity index (χ0n) is 18.2. The second-order valence-electron chi connectivity index (χ2n) is 8.87. The van der Waals surface area contributed by atoms with E-state index in [1.807, 2.05) is 58.0 Å². The molecule has 1 fully saturated rings. The first kappa shape index (κ1) is 21.9. The van der Waals surface area contributed by atoms with E-state index in [4.69, 9.17) is 9.47 Å². The fourth-order valence-electron chi connectivity index (χ4n) is 3.54. The molecule has 0 unspecified atom stereocenters. The average Bonchev–Trinajstić information content (AvgIpc) is 2.68. The lowest BCUT2D eigenvalue weighted by molar-refractivity contribution is -0.121. The summed E-state index contributed by atoms with van der Waals surface area (Å²) >= 11 is 0. The van der Waals surface area contributed by atoms with Crippen LogP contribution in [0.2, 0.25) is 0 Å². The minimum absolute atomic E-state index is 0.162. The number of aromatic nitrogens is 2. The third-order valence-corrected chi connectivity index (χ3v) is 5.03. The molecule has 1 aromatic carbocycles. The van der Waals surface area contributed by atoms with Crippen molar-refractivity contribution in [3.05, 3.63) is 53.1 Å². The van der Waals surface area contributed by atoms with E-state index in [9.17, 15) is 9.59 Å². The second kappa shape index (κ2) is 9.37. The normalized spacial score (nSPS) is 15.1. The number of carbonyl (C=O) groups excluding carboxylic acids is 2. The third-order valence-electron chi connectivity index (χ3n) is 5.03. The Kier molecular flexibility index (Phi) is 6.85. The van der Waals surface area contributed by atoms with Crippen molar-refractivity contribution in [3.63, 3.8) is 0 Å². The highest BCUT2D eigenvalue weighted by Crippen LogP contribution is 2.28. The van der Waals surface area contributed by atoms with Crippen molar-refractivity contribution < 1.29 is 19.1 Å². The van der Waals surface area contributed by atoms with Gasteiger partial charge in [0, 0.05) is 19.3 Å². The predicted octanol–water partition coefficient (Wildman–Crippen LogP) is 4.62. The molecule has 1 heterocycles. The Bertz CT molecular complexity index is 893.